The maximum atomic E-state index is 13.1. The Morgan fingerprint density at radius 2 is 1.80 bits per heavy atom. The van der Waals surface area contributed by atoms with Gasteiger partial charge < -0.3 is 0 Å². The van der Waals surface area contributed by atoms with E-state index in [9.17, 15) is 13.2 Å². The third-order valence-electron chi connectivity index (χ3n) is 3.69. The van der Waals surface area contributed by atoms with Gasteiger partial charge in [0.05, 0.1) is 23.0 Å². The summed E-state index contributed by atoms with van der Waals surface area (Å²) in [4.78, 5) is 11.7. The monoisotopic (exact) mass is 360 g/mol. The summed E-state index contributed by atoms with van der Waals surface area (Å²) in [5.74, 6) is -0.663. The van der Waals surface area contributed by atoms with Crippen LogP contribution < -0.4 is 9.79 Å². The molecular formula is C18H20N2O4S. The van der Waals surface area contributed by atoms with Crippen molar-refractivity contribution in [2.45, 2.75) is 24.3 Å². The molecular weight excluding hydrogens is 340 g/mol. The molecule has 0 saturated carbocycles. The van der Waals surface area contributed by atoms with Crippen molar-refractivity contribution in [3.63, 3.8) is 0 Å². The van der Waals surface area contributed by atoms with E-state index in [0.717, 1.165) is 5.56 Å². The van der Waals surface area contributed by atoms with E-state index < -0.39 is 22.0 Å². The minimum atomic E-state index is -3.88. The third kappa shape index (κ3) is 4.26. The van der Waals surface area contributed by atoms with Crippen LogP contribution in [0.15, 0.2) is 66.1 Å². The van der Waals surface area contributed by atoms with Crippen molar-refractivity contribution in [2.24, 2.45) is 0 Å². The highest BCUT2D eigenvalue weighted by atomic mass is 32.2. The number of benzene rings is 2. The van der Waals surface area contributed by atoms with Crippen LogP contribution in [0, 0.1) is 0 Å². The van der Waals surface area contributed by atoms with Crippen molar-refractivity contribution in [1.29, 1.82) is 0 Å². The van der Waals surface area contributed by atoms with E-state index in [-0.39, 0.29) is 11.3 Å². The topological polar surface area (TPSA) is 86.7 Å². The number of carbonyl (C=O) groups excluding carboxylic acids is 1. The highest BCUT2D eigenvalue weighted by Gasteiger charge is 2.30. The molecule has 0 heterocycles. The highest BCUT2D eigenvalue weighted by molar-refractivity contribution is 7.92. The molecule has 0 aliphatic carbocycles. The van der Waals surface area contributed by atoms with Gasteiger partial charge in [-0.1, -0.05) is 43.0 Å². The van der Waals surface area contributed by atoms with Crippen molar-refractivity contribution in [3.05, 3.63) is 66.7 Å². The van der Waals surface area contributed by atoms with Crippen LogP contribution >= 0.6 is 0 Å². The first-order valence-corrected chi connectivity index (χ1v) is 9.09. The van der Waals surface area contributed by atoms with Crippen molar-refractivity contribution in [1.82, 2.24) is 5.48 Å². The second-order valence-electron chi connectivity index (χ2n) is 5.50. The highest BCUT2D eigenvalue weighted by Crippen LogP contribution is 2.27. The Morgan fingerprint density at radius 3 is 2.32 bits per heavy atom. The summed E-state index contributed by atoms with van der Waals surface area (Å²) in [5, 5.41) is 8.75. The summed E-state index contributed by atoms with van der Waals surface area (Å²) in [7, 11) is -3.88. The molecule has 0 spiro atoms. The molecule has 1 amide bonds. The minimum absolute atomic E-state index is 0.124. The summed E-state index contributed by atoms with van der Waals surface area (Å²) < 4.78 is 27.4. The fraction of sp³-hybridized carbons (Fsp3) is 0.167. The second-order valence-corrected chi connectivity index (χ2v) is 7.31. The van der Waals surface area contributed by atoms with E-state index in [0.29, 0.717) is 5.69 Å². The lowest BCUT2D eigenvalue weighted by atomic mass is 10.1. The number of nitrogens with zero attached hydrogens (tertiary/aromatic N) is 1. The Hall–Kier alpha value is -2.64. The average Bonchev–Trinajstić information content (AvgIpc) is 2.62. The molecule has 1 atom stereocenters. The number of anilines is 1. The predicted molar refractivity (Wildman–Crippen MR) is 96.6 cm³/mol. The first-order chi connectivity index (χ1) is 11.9. The summed E-state index contributed by atoms with van der Waals surface area (Å²) in [6.45, 7) is 5.28. The number of rotatable bonds is 7. The summed E-state index contributed by atoms with van der Waals surface area (Å²) in [6.07, 6.45) is 1.47. The van der Waals surface area contributed by atoms with E-state index in [2.05, 4.69) is 6.58 Å². The van der Waals surface area contributed by atoms with E-state index in [1.165, 1.54) is 21.9 Å². The maximum absolute atomic E-state index is 13.1. The Bertz CT molecular complexity index is 833. The molecule has 0 bridgehead atoms. The normalized spacial score (nSPS) is 12.2. The van der Waals surface area contributed by atoms with Crippen LogP contribution in [0.1, 0.15) is 18.9 Å². The molecule has 0 aromatic heterocycles. The van der Waals surface area contributed by atoms with Gasteiger partial charge in [0.2, 0.25) is 5.91 Å². The van der Waals surface area contributed by atoms with E-state index in [1.54, 1.807) is 55.5 Å². The molecule has 0 fully saturated rings. The fourth-order valence-corrected chi connectivity index (χ4v) is 4.17. The lowest BCUT2D eigenvalue weighted by Crippen LogP contribution is -2.41. The number of hydroxylamine groups is 1. The van der Waals surface area contributed by atoms with Crippen LogP contribution in [0.4, 0.5) is 5.69 Å². The SMILES string of the molecule is C=Cc1ccc(N(C(C)CC(=O)NO)S(=O)(=O)c2ccccc2)cc1. The zero-order valence-corrected chi connectivity index (χ0v) is 14.6. The standard InChI is InChI=1S/C18H20N2O4S/c1-3-15-9-11-16(12-10-15)20(14(2)13-18(21)19-22)25(23,24)17-7-5-4-6-8-17/h3-12,14,22H,1,13H2,2H3,(H,19,21). The number of hydrogen-bond acceptors (Lipinski definition) is 4. The van der Waals surface area contributed by atoms with Gasteiger partial charge in [0.25, 0.3) is 10.0 Å². The largest absolute Gasteiger partial charge is 0.289 e. The van der Waals surface area contributed by atoms with Gasteiger partial charge in [-0.15, -0.1) is 0 Å². The number of sulfonamides is 1. The molecule has 25 heavy (non-hydrogen) atoms. The fourth-order valence-electron chi connectivity index (χ4n) is 2.49. The van der Waals surface area contributed by atoms with Crippen LogP contribution in [0.3, 0.4) is 0 Å². The maximum Gasteiger partial charge on any atom is 0.264 e. The molecule has 6 nitrogen and oxygen atoms in total. The van der Waals surface area contributed by atoms with Gasteiger partial charge in [-0.3, -0.25) is 14.3 Å². The lowest BCUT2D eigenvalue weighted by Gasteiger charge is -2.30. The first-order valence-electron chi connectivity index (χ1n) is 7.65. The molecule has 1 unspecified atom stereocenters. The number of amides is 1. The molecule has 0 saturated heterocycles. The molecule has 0 aliphatic rings. The van der Waals surface area contributed by atoms with Gasteiger partial charge in [-0.2, -0.15) is 0 Å². The van der Waals surface area contributed by atoms with Gasteiger partial charge in [0.15, 0.2) is 0 Å². The quantitative estimate of drug-likeness (QED) is 0.587. The number of nitrogens with one attached hydrogen (secondary N) is 1. The summed E-state index contributed by atoms with van der Waals surface area (Å²) in [6, 6.07) is 14.1. The van der Waals surface area contributed by atoms with Crippen molar-refractivity contribution < 1.29 is 18.4 Å². The van der Waals surface area contributed by atoms with Crippen LogP contribution in [0.2, 0.25) is 0 Å². The molecule has 2 aromatic rings. The smallest absolute Gasteiger partial charge is 0.264 e. The van der Waals surface area contributed by atoms with E-state index in [1.807, 2.05) is 0 Å². The van der Waals surface area contributed by atoms with Gasteiger partial charge in [-0.25, -0.2) is 13.9 Å². The van der Waals surface area contributed by atoms with Crippen LogP contribution in [-0.4, -0.2) is 25.6 Å². The van der Waals surface area contributed by atoms with E-state index >= 15 is 0 Å². The average molecular weight is 360 g/mol. The first kappa shape index (κ1) is 18.7. The number of carbonyl (C=O) groups is 1. The second kappa shape index (κ2) is 7.96. The summed E-state index contributed by atoms with van der Waals surface area (Å²) >= 11 is 0. The predicted octanol–water partition coefficient (Wildman–Crippen LogP) is 2.81. The Morgan fingerprint density at radius 1 is 1.20 bits per heavy atom. The molecule has 2 rings (SSSR count). The minimum Gasteiger partial charge on any atom is -0.289 e. The Balaban J connectivity index is 2.51. The van der Waals surface area contributed by atoms with Gasteiger partial charge in [0, 0.05) is 0 Å². The molecule has 0 aliphatic heterocycles. The van der Waals surface area contributed by atoms with Crippen LogP contribution in [0.5, 0.6) is 0 Å². The zero-order chi connectivity index (χ0) is 18.4. The molecule has 2 N–H and O–H groups in total. The van der Waals surface area contributed by atoms with Gasteiger partial charge in [-0.05, 0) is 36.8 Å². The van der Waals surface area contributed by atoms with Crippen molar-refractivity contribution in [2.75, 3.05) is 4.31 Å². The van der Waals surface area contributed by atoms with Gasteiger partial charge in [0.1, 0.15) is 0 Å². The Labute approximate surface area is 147 Å². The molecule has 7 heteroatoms. The van der Waals surface area contributed by atoms with E-state index in [4.69, 9.17) is 5.21 Å². The third-order valence-corrected chi connectivity index (χ3v) is 5.65. The number of hydrogen-bond donors (Lipinski definition) is 2. The van der Waals surface area contributed by atoms with Crippen LogP contribution in [-0.2, 0) is 14.8 Å². The molecule has 0 radical (unpaired) electrons. The van der Waals surface area contributed by atoms with Crippen molar-refractivity contribution >= 4 is 27.7 Å². The molecule has 132 valence electrons. The molecule has 2 aromatic carbocycles. The van der Waals surface area contributed by atoms with Crippen LogP contribution in [0.25, 0.3) is 6.08 Å². The van der Waals surface area contributed by atoms with Crippen molar-refractivity contribution in [3.8, 4) is 0 Å². The zero-order valence-electron chi connectivity index (χ0n) is 13.8. The van der Waals surface area contributed by atoms with Gasteiger partial charge >= 0.3 is 0 Å². The summed E-state index contributed by atoms with van der Waals surface area (Å²) in [5.41, 5.74) is 2.81. The lowest BCUT2D eigenvalue weighted by molar-refractivity contribution is -0.129. The Kier molecular flexibility index (Phi) is 5.95.